The van der Waals surface area contributed by atoms with Crippen LogP contribution in [0.2, 0.25) is 0 Å². The molecule has 1 unspecified atom stereocenters. The van der Waals surface area contributed by atoms with Gasteiger partial charge >= 0.3 is 6.18 Å². The third-order valence-electron chi connectivity index (χ3n) is 1.72. The minimum atomic E-state index is -4.46. The van der Waals surface area contributed by atoms with Gasteiger partial charge in [0.25, 0.3) is 0 Å². The van der Waals surface area contributed by atoms with Crippen molar-refractivity contribution in [1.29, 1.82) is 0 Å². The largest absolute Gasteiger partial charge is 0.397 e. The molecule has 0 aliphatic heterocycles. The molecule has 0 heterocycles. The Bertz CT molecular complexity index is 309. The molecular weight excluding hydrogens is 227 g/mol. The number of hydrogen-bond acceptors (Lipinski definition) is 2. The van der Waals surface area contributed by atoms with E-state index in [1.54, 1.807) is 18.2 Å². The average molecular weight is 237 g/mol. The van der Waals surface area contributed by atoms with Crippen molar-refractivity contribution >= 4 is 18.5 Å². The quantitative estimate of drug-likeness (QED) is 0.708. The first kappa shape index (κ1) is 12.2. The molecule has 1 aliphatic carbocycles. The van der Waals surface area contributed by atoms with Crippen molar-refractivity contribution in [3.8, 4) is 0 Å². The Balaban J connectivity index is 2.43. The molecule has 0 aromatic rings. The van der Waals surface area contributed by atoms with E-state index in [2.05, 4.69) is 17.9 Å². The molecule has 84 valence electrons. The number of amides is 1. The van der Waals surface area contributed by atoms with Gasteiger partial charge < -0.3 is 5.32 Å². The average Bonchev–Trinajstić information content (AvgIpc) is 2.05. The van der Waals surface area contributed by atoms with Crippen LogP contribution in [0.1, 0.15) is 12.8 Å². The molecule has 1 aliphatic rings. The van der Waals surface area contributed by atoms with E-state index in [1.165, 1.54) is 0 Å². The first-order valence-corrected chi connectivity index (χ1v) is 4.81. The van der Waals surface area contributed by atoms with E-state index < -0.39 is 18.5 Å². The maximum absolute atomic E-state index is 11.8. The van der Waals surface area contributed by atoms with Gasteiger partial charge in [0, 0.05) is 10.9 Å². The normalized spacial score (nSPS) is 21.1. The van der Waals surface area contributed by atoms with Crippen molar-refractivity contribution in [2.24, 2.45) is 0 Å². The van der Waals surface area contributed by atoms with Crippen molar-refractivity contribution in [3.63, 3.8) is 0 Å². The summed E-state index contributed by atoms with van der Waals surface area (Å²) in [5.74, 6) is -1.05. The summed E-state index contributed by atoms with van der Waals surface area (Å²) >= 11 is 4.14. The molecule has 0 aromatic heterocycles. The molecular formula is C9H10F3NOS. The lowest BCUT2D eigenvalue weighted by atomic mass is 10.1. The first-order chi connectivity index (χ1) is 6.87. The minimum absolute atomic E-state index is 0.0632. The fraction of sp³-hybridized carbons (Fsp3) is 0.444. The molecule has 0 saturated heterocycles. The molecule has 0 bridgehead atoms. The molecule has 0 saturated carbocycles. The predicted octanol–water partition coefficient (Wildman–Crippen LogP) is 2.20. The molecule has 2 nitrogen and oxygen atoms in total. The molecule has 0 fully saturated rings. The van der Waals surface area contributed by atoms with Crippen LogP contribution in [0.3, 0.4) is 0 Å². The highest BCUT2D eigenvalue weighted by Crippen LogP contribution is 2.20. The van der Waals surface area contributed by atoms with Gasteiger partial charge in [-0.3, -0.25) is 4.79 Å². The molecule has 15 heavy (non-hydrogen) atoms. The maximum atomic E-state index is 11.8. The van der Waals surface area contributed by atoms with Crippen LogP contribution in [0, 0.1) is 0 Å². The molecule has 1 N–H and O–H groups in total. The Morgan fingerprint density at radius 1 is 1.60 bits per heavy atom. The van der Waals surface area contributed by atoms with Gasteiger partial charge in [-0.15, -0.1) is 0 Å². The van der Waals surface area contributed by atoms with Crippen molar-refractivity contribution in [2.45, 2.75) is 24.3 Å². The number of hydrogen-bond donors (Lipinski definition) is 2. The van der Waals surface area contributed by atoms with Crippen LogP contribution < -0.4 is 5.32 Å². The Hall–Kier alpha value is -0.910. The summed E-state index contributed by atoms with van der Waals surface area (Å²) < 4.78 is 35.4. The zero-order chi connectivity index (χ0) is 11.5. The number of carbonyl (C=O) groups excluding carboxylic acids is 1. The van der Waals surface area contributed by atoms with Crippen LogP contribution >= 0.6 is 12.6 Å². The van der Waals surface area contributed by atoms with Gasteiger partial charge in [-0.05, 0) is 12.5 Å². The number of alkyl halides is 3. The van der Waals surface area contributed by atoms with Crippen LogP contribution in [-0.4, -0.2) is 17.3 Å². The van der Waals surface area contributed by atoms with Crippen LogP contribution in [0.15, 0.2) is 23.9 Å². The first-order valence-electron chi connectivity index (χ1n) is 4.30. The van der Waals surface area contributed by atoms with Crippen LogP contribution in [0.25, 0.3) is 0 Å². The maximum Gasteiger partial charge on any atom is 0.397 e. The van der Waals surface area contributed by atoms with Crippen LogP contribution in [0.4, 0.5) is 13.2 Å². The standard InChI is InChI=1S/C9H10F3NOS/c10-9(11,12)5-8(14)13-6-1-3-7(15)4-2-6/h1-3,7,15H,4-5H2,(H,13,14). The molecule has 1 amide bonds. The highest BCUT2D eigenvalue weighted by atomic mass is 32.1. The smallest absolute Gasteiger partial charge is 0.326 e. The number of carbonyl (C=O) groups is 1. The van der Waals surface area contributed by atoms with Crippen molar-refractivity contribution in [1.82, 2.24) is 5.32 Å². The third-order valence-corrected chi connectivity index (χ3v) is 2.10. The summed E-state index contributed by atoms with van der Waals surface area (Å²) in [5.41, 5.74) is 0.398. The minimum Gasteiger partial charge on any atom is -0.326 e. The number of rotatable bonds is 2. The monoisotopic (exact) mass is 237 g/mol. The summed E-state index contributed by atoms with van der Waals surface area (Å²) in [6.07, 6.45) is -0.410. The van der Waals surface area contributed by atoms with Crippen molar-refractivity contribution < 1.29 is 18.0 Å². The Morgan fingerprint density at radius 2 is 2.27 bits per heavy atom. The zero-order valence-electron chi connectivity index (χ0n) is 7.71. The summed E-state index contributed by atoms with van der Waals surface area (Å²) in [7, 11) is 0. The fourth-order valence-electron chi connectivity index (χ4n) is 1.09. The van der Waals surface area contributed by atoms with E-state index in [1.807, 2.05) is 0 Å². The van der Waals surface area contributed by atoms with E-state index in [-0.39, 0.29) is 5.25 Å². The predicted molar refractivity (Wildman–Crippen MR) is 53.4 cm³/mol. The number of thiol groups is 1. The Labute approximate surface area is 90.6 Å². The highest BCUT2D eigenvalue weighted by molar-refractivity contribution is 7.81. The fourth-order valence-corrected chi connectivity index (χ4v) is 1.28. The van der Waals surface area contributed by atoms with Gasteiger partial charge in [0.05, 0.1) is 0 Å². The summed E-state index contributed by atoms with van der Waals surface area (Å²) in [6.45, 7) is 0. The second-order valence-electron chi connectivity index (χ2n) is 3.16. The van der Waals surface area contributed by atoms with Crippen LogP contribution in [0.5, 0.6) is 0 Å². The molecule has 1 atom stereocenters. The van der Waals surface area contributed by atoms with Gasteiger partial charge in [-0.25, -0.2) is 0 Å². The van der Waals surface area contributed by atoms with E-state index in [9.17, 15) is 18.0 Å². The van der Waals surface area contributed by atoms with E-state index >= 15 is 0 Å². The van der Waals surface area contributed by atoms with E-state index in [0.717, 1.165) is 0 Å². The number of allylic oxidation sites excluding steroid dienone is 2. The summed E-state index contributed by atoms with van der Waals surface area (Å²) in [6, 6.07) is 0. The lowest BCUT2D eigenvalue weighted by Gasteiger charge is -2.13. The van der Waals surface area contributed by atoms with E-state index in [0.29, 0.717) is 12.1 Å². The Morgan fingerprint density at radius 3 is 2.73 bits per heavy atom. The number of halogens is 3. The third kappa shape index (κ3) is 4.92. The molecule has 0 spiro atoms. The SMILES string of the molecule is O=C(CC(F)(F)F)NC1=CCC(S)C=C1. The zero-order valence-corrected chi connectivity index (χ0v) is 8.61. The van der Waals surface area contributed by atoms with Gasteiger partial charge in [0.15, 0.2) is 0 Å². The van der Waals surface area contributed by atoms with Gasteiger partial charge in [-0.1, -0.05) is 12.2 Å². The van der Waals surface area contributed by atoms with E-state index in [4.69, 9.17) is 0 Å². The lowest BCUT2D eigenvalue weighted by molar-refractivity contribution is -0.153. The number of nitrogens with one attached hydrogen (secondary N) is 1. The van der Waals surface area contributed by atoms with Crippen molar-refractivity contribution in [3.05, 3.63) is 23.9 Å². The topological polar surface area (TPSA) is 29.1 Å². The van der Waals surface area contributed by atoms with Gasteiger partial charge in [-0.2, -0.15) is 25.8 Å². The van der Waals surface area contributed by atoms with Crippen LogP contribution in [-0.2, 0) is 4.79 Å². The molecule has 0 radical (unpaired) electrons. The highest BCUT2D eigenvalue weighted by Gasteiger charge is 2.31. The summed E-state index contributed by atoms with van der Waals surface area (Å²) in [4.78, 5) is 10.9. The lowest BCUT2D eigenvalue weighted by Crippen LogP contribution is -2.28. The molecule has 1 rings (SSSR count). The molecule has 6 heteroatoms. The second-order valence-corrected chi connectivity index (χ2v) is 3.83. The Kier molecular flexibility index (Phi) is 3.84. The molecule has 0 aromatic carbocycles. The summed E-state index contributed by atoms with van der Waals surface area (Å²) in [5, 5.41) is 2.24. The van der Waals surface area contributed by atoms with Crippen molar-refractivity contribution in [2.75, 3.05) is 0 Å². The van der Waals surface area contributed by atoms with Gasteiger partial charge in [0.2, 0.25) is 5.91 Å². The second kappa shape index (κ2) is 4.74. The van der Waals surface area contributed by atoms with Gasteiger partial charge in [0.1, 0.15) is 6.42 Å².